The number of amides is 2. The molecule has 0 unspecified atom stereocenters. The average Bonchev–Trinajstić information content (AvgIpc) is 2.93. The van der Waals surface area contributed by atoms with E-state index in [0.717, 1.165) is 17.9 Å². The van der Waals surface area contributed by atoms with E-state index >= 15 is 0 Å². The molecule has 3 aromatic rings. The highest BCUT2D eigenvalue weighted by atomic mass is 35.5. The predicted octanol–water partition coefficient (Wildman–Crippen LogP) is 4.52. The Bertz CT molecular complexity index is 1490. The van der Waals surface area contributed by atoms with Crippen molar-refractivity contribution in [3.63, 3.8) is 0 Å². The largest absolute Gasteiger partial charge is 0.497 e. The molecule has 0 aliphatic carbocycles. The molecule has 0 fully saturated rings. The Morgan fingerprint density at radius 3 is 2.24 bits per heavy atom. The number of hydrogen-bond donors (Lipinski definition) is 1. The fraction of sp³-hybridized carbons (Fsp3) is 0.286. The van der Waals surface area contributed by atoms with Gasteiger partial charge in [0.05, 0.1) is 29.6 Å². The molecule has 0 saturated carbocycles. The Morgan fingerprint density at radius 2 is 1.66 bits per heavy atom. The predicted molar refractivity (Wildman–Crippen MR) is 150 cm³/mol. The first-order valence-electron chi connectivity index (χ1n) is 12.3. The van der Waals surface area contributed by atoms with Crippen molar-refractivity contribution in [2.24, 2.45) is 0 Å². The van der Waals surface area contributed by atoms with Crippen LogP contribution in [0, 0.1) is 0 Å². The summed E-state index contributed by atoms with van der Waals surface area (Å²) >= 11 is 6.14. The van der Waals surface area contributed by atoms with Gasteiger partial charge in [0.15, 0.2) is 0 Å². The first-order chi connectivity index (χ1) is 19.2. The summed E-state index contributed by atoms with van der Waals surface area (Å²) in [5.74, 6) is -0.868. The number of carbonyl (C=O) groups is 2. The van der Waals surface area contributed by atoms with Gasteiger partial charge in [-0.25, -0.2) is 8.42 Å². The number of alkyl halides is 3. The lowest BCUT2D eigenvalue weighted by atomic mass is 10.0. The quantitative estimate of drug-likeness (QED) is 0.344. The van der Waals surface area contributed by atoms with Crippen LogP contribution in [0.3, 0.4) is 0 Å². The van der Waals surface area contributed by atoms with Crippen LogP contribution in [0.5, 0.6) is 5.75 Å². The molecule has 0 spiro atoms. The summed E-state index contributed by atoms with van der Waals surface area (Å²) in [4.78, 5) is 28.2. The van der Waals surface area contributed by atoms with Crippen molar-refractivity contribution in [2.75, 3.05) is 31.3 Å². The molecule has 3 aromatic carbocycles. The minimum atomic E-state index is -4.79. The van der Waals surface area contributed by atoms with Crippen LogP contribution in [-0.4, -0.2) is 58.1 Å². The van der Waals surface area contributed by atoms with Crippen molar-refractivity contribution in [3.8, 4) is 5.75 Å². The molecule has 220 valence electrons. The lowest BCUT2D eigenvalue weighted by Gasteiger charge is -2.33. The third-order valence-electron chi connectivity index (χ3n) is 6.23. The maximum atomic E-state index is 13.9. The summed E-state index contributed by atoms with van der Waals surface area (Å²) in [5, 5.41) is 2.24. The van der Waals surface area contributed by atoms with E-state index < -0.39 is 51.9 Å². The molecule has 0 aromatic heterocycles. The molecule has 3 rings (SSSR count). The number of methoxy groups -OCH3 is 1. The molecular formula is C28H29ClF3N3O5S. The third kappa shape index (κ3) is 8.37. The third-order valence-corrected chi connectivity index (χ3v) is 7.67. The Morgan fingerprint density at radius 1 is 1.00 bits per heavy atom. The number of nitrogens with zero attached hydrogens (tertiary/aromatic N) is 2. The topological polar surface area (TPSA) is 96.0 Å². The van der Waals surface area contributed by atoms with E-state index in [2.05, 4.69) is 5.32 Å². The highest BCUT2D eigenvalue weighted by Crippen LogP contribution is 2.36. The second-order valence-corrected chi connectivity index (χ2v) is 11.4. The van der Waals surface area contributed by atoms with E-state index in [0.29, 0.717) is 27.8 Å². The van der Waals surface area contributed by atoms with E-state index in [4.69, 9.17) is 16.3 Å². The molecule has 2 amide bonds. The summed E-state index contributed by atoms with van der Waals surface area (Å²) in [6, 6.07) is 16.7. The fourth-order valence-corrected chi connectivity index (χ4v) is 5.29. The van der Waals surface area contributed by atoms with Gasteiger partial charge in [0.1, 0.15) is 18.3 Å². The monoisotopic (exact) mass is 611 g/mol. The maximum absolute atomic E-state index is 13.9. The van der Waals surface area contributed by atoms with Gasteiger partial charge in [-0.05, 0) is 41.5 Å². The molecule has 0 aliphatic heterocycles. The van der Waals surface area contributed by atoms with Crippen LogP contribution in [-0.2, 0) is 38.8 Å². The molecular weight excluding hydrogens is 583 g/mol. The first kappa shape index (κ1) is 31.8. The van der Waals surface area contributed by atoms with Gasteiger partial charge >= 0.3 is 6.18 Å². The SMILES string of the molecule is CNC(=O)[C@H](Cc1ccccc1)N(Cc1cccc(OC)c1)C(=O)CN(c1cc(C(F)(F)F)ccc1Cl)S(C)(=O)=O. The van der Waals surface area contributed by atoms with Crippen LogP contribution in [0.2, 0.25) is 5.02 Å². The van der Waals surface area contributed by atoms with Crippen LogP contribution >= 0.6 is 11.6 Å². The molecule has 1 atom stereocenters. The zero-order valence-corrected chi connectivity index (χ0v) is 24.1. The Balaban J connectivity index is 2.10. The maximum Gasteiger partial charge on any atom is 0.416 e. The van der Waals surface area contributed by atoms with Gasteiger partial charge in [-0.15, -0.1) is 0 Å². The number of likely N-dealkylation sites (N-methyl/N-ethyl adjacent to an activating group) is 1. The van der Waals surface area contributed by atoms with Gasteiger partial charge in [-0.1, -0.05) is 54.1 Å². The van der Waals surface area contributed by atoms with Gasteiger partial charge in [0.2, 0.25) is 21.8 Å². The Kier molecular flexibility index (Phi) is 10.3. The van der Waals surface area contributed by atoms with Gasteiger partial charge in [0, 0.05) is 20.0 Å². The van der Waals surface area contributed by atoms with Gasteiger partial charge in [-0.2, -0.15) is 13.2 Å². The summed E-state index contributed by atoms with van der Waals surface area (Å²) < 4.78 is 71.8. The minimum absolute atomic E-state index is 0.0827. The lowest BCUT2D eigenvalue weighted by Crippen LogP contribution is -2.52. The number of halogens is 4. The fourth-order valence-electron chi connectivity index (χ4n) is 4.16. The number of anilines is 1. The summed E-state index contributed by atoms with van der Waals surface area (Å²) in [6.07, 6.45) is -3.95. The molecule has 8 nitrogen and oxygen atoms in total. The smallest absolute Gasteiger partial charge is 0.416 e. The molecule has 0 heterocycles. The van der Waals surface area contributed by atoms with E-state index in [1.807, 2.05) is 0 Å². The summed E-state index contributed by atoms with van der Waals surface area (Å²) in [7, 11) is -1.44. The molecule has 41 heavy (non-hydrogen) atoms. The van der Waals surface area contributed by atoms with Gasteiger partial charge in [0.25, 0.3) is 0 Å². The molecule has 0 aliphatic rings. The number of rotatable bonds is 11. The first-order valence-corrected chi connectivity index (χ1v) is 14.5. The van der Waals surface area contributed by atoms with Crippen molar-refractivity contribution in [2.45, 2.75) is 25.2 Å². The van der Waals surface area contributed by atoms with Crippen LogP contribution < -0.4 is 14.4 Å². The standard InChI is InChI=1S/C28H29ClF3N3O5S/c1-33-27(37)25(15-19-8-5-4-6-9-19)34(17-20-10-7-11-22(14-20)40-2)26(36)18-35(41(3,38)39)24-16-21(28(30,31)32)12-13-23(24)29/h4-14,16,25H,15,17-18H2,1-3H3,(H,33,37)/t25-/m0/s1. The Labute approximate surface area is 241 Å². The summed E-state index contributed by atoms with van der Waals surface area (Å²) in [5.41, 5.74) is -0.357. The van der Waals surface area contributed by atoms with Crippen LogP contribution in [0.1, 0.15) is 16.7 Å². The van der Waals surface area contributed by atoms with E-state index in [1.54, 1.807) is 54.6 Å². The highest BCUT2D eigenvalue weighted by Gasteiger charge is 2.35. The minimum Gasteiger partial charge on any atom is -0.497 e. The zero-order chi connectivity index (χ0) is 30.4. The number of sulfonamides is 1. The van der Waals surface area contributed by atoms with Crippen molar-refractivity contribution < 1.29 is 35.9 Å². The number of nitrogens with one attached hydrogen (secondary N) is 1. The van der Waals surface area contributed by atoms with Gasteiger partial charge in [-0.3, -0.25) is 13.9 Å². The second-order valence-electron chi connectivity index (χ2n) is 9.13. The van der Waals surface area contributed by atoms with Crippen LogP contribution in [0.25, 0.3) is 0 Å². The molecule has 0 bridgehead atoms. The molecule has 1 N–H and O–H groups in total. The zero-order valence-electron chi connectivity index (χ0n) is 22.5. The van der Waals surface area contributed by atoms with Crippen molar-refractivity contribution in [1.29, 1.82) is 0 Å². The van der Waals surface area contributed by atoms with Crippen LogP contribution in [0.15, 0.2) is 72.8 Å². The van der Waals surface area contributed by atoms with Gasteiger partial charge < -0.3 is 15.0 Å². The van der Waals surface area contributed by atoms with E-state index in [-0.39, 0.29) is 18.0 Å². The van der Waals surface area contributed by atoms with Crippen LogP contribution in [0.4, 0.5) is 18.9 Å². The second kappa shape index (κ2) is 13.3. The van der Waals surface area contributed by atoms with E-state index in [1.165, 1.54) is 19.1 Å². The average molecular weight is 612 g/mol. The van der Waals surface area contributed by atoms with Crippen molar-refractivity contribution in [1.82, 2.24) is 10.2 Å². The summed E-state index contributed by atoms with van der Waals surface area (Å²) in [6.45, 7) is -1.04. The molecule has 0 radical (unpaired) electrons. The number of ether oxygens (including phenoxy) is 1. The van der Waals surface area contributed by atoms with Crippen molar-refractivity contribution >= 4 is 39.1 Å². The van der Waals surface area contributed by atoms with E-state index in [9.17, 15) is 31.2 Å². The normalized spacial score (nSPS) is 12.4. The van der Waals surface area contributed by atoms with Crippen molar-refractivity contribution in [3.05, 3.63) is 94.5 Å². The Hall–Kier alpha value is -3.77. The molecule has 0 saturated heterocycles. The molecule has 13 heteroatoms. The highest BCUT2D eigenvalue weighted by molar-refractivity contribution is 7.92. The number of carbonyl (C=O) groups excluding carboxylic acids is 2. The number of hydrogen-bond acceptors (Lipinski definition) is 5. The lowest BCUT2D eigenvalue weighted by molar-refractivity contribution is -0.139. The number of benzene rings is 3.